The van der Waals surface area contributed by atoms with Crippen molar-refractivity contribution < 1.29 is 0 Å². The SMILES string of the molecule is CCCCCCCCCCC(Br)CI. The maximum atomic E-state index is 3.67. The predicted molar refractivity (Wildman–Crippen MR) is 78.8 cm³/mol. The lowest BCUT2D eigenvalue weighted by atomic mass is 10.1. The van der Waals surface area contributed by atoms with Crippen LogP contribution in [0.2, 0.25) is 0 Å². The number of alkyl halides is 2. The average molecular weight is 375 g/mol. The number of rotatable bonds is 10. The molecule has 86 valence electrons. The molecule has 0 saturated heterocycles. The van der Waals surface area contributed by atoms with Crippen LogP contribution in [0.3, 0.4) is 0 Å². The zero-order chi connectivity index (χ0) is 10.6. The Labute approximate surface area is 112 Å². The van der Waals surface area contributed by atoms with E-state index in [1.165, 1.54) is 62.2 Å². The maximum Gasteiger partial charge on any atom is 0.0235 e. The van der Waals surface area contributed by atoms with E-state index in [-0.39, 0.29) is 0 Å². The number of unbranched alkanes of at least 4 members (excludes halogenated alkanes) is 7. The monoisotopic (exact) mass is 374 g/mol. The molecule has 0 aliphatic carbocycles. The van der Waals surface area contributed by atoms with Crippen molar-refractivity contribution in [1.82, 2.24) is 0 Å². The first kappa shape index (κ1) is 15.2. The molecule has 0 heterocycles. The van der Waals surface area contributed by atoms with Gasteiger partial charge in [0.05, 0.1) is 0 Å². The number of halogens is 2. The molecule has 0 amide bonds. The van der Waals surface area contributed by atoms with E-state index in [0.29, 0.717) is 0 Å². The largest absolute Gasteiger partial charge is 0.0882 e. The number of hydrogen-bond acceptors (Lipinski definition) is 0. The summed E-state index contributed by atoms with van der Waals surface area (Å²) >= 11 is 6.12. The topological polar surface area (TPSA) is 0 Å². The molecular weight excluding hydrogens is 351 g/mol. The van der Waals surface area contributed by atoms with Crippen molar-refractivity contribution in [2.75, 3.05) is 4.43 Å². The van der Waals surface area contributed by atoms with Gasteiger partial charge in [-0.05, 0) is 6.42 Å². The van der Waals surface area contributed by atoms with Crippen LogP contribution in [-0.4, -0.2) is 9.25 Å². The van der Waals surface area contributed by atoms with Crippen LogP contribution in [0.4, 0.5) is 0 Å². The van der Waals surface area contributed by atoms with Gasteiger partial charge in [0.15, 0.2) is 0 Å². The summed E-state index contributed by atoms with van der Waals surface area (Å²) in [6.45, 7) is 2.28. The van der Waals surface area contributed by atoms with Gasteiger partial charge in [-0.3, -0.25) is 0 Å². The fourth-order valence-electron chi connectivity index (χ4n) is 1.58. The second-order valence-electron chi connectivity index (χ2n) is 4.02. The molecule has 14 heavy (non-hydrogen) atoms. The van der Waals surface area contributed by atoms with E-state index in [0.717, 1.165) is 4.83 Å². The van der Waals surface area contributed by atoms with E-state index in [2.05, 4.69) is 45.4 Å². The molecule has 0 nitrogen and oxygen atoms in total. The van der Waals surface area contributed by atoms with Crippen molar-refractivity contribution in [1.29, 1.82) is 0 Å². The molecule has 1 atom stereocenters. The molecule has 0 rings (SSSR count). The average Bonchev–Trinajstić information content (AvgIpc) is 2.21. The maximum absolute atomic E-state index is 3.67. The molecular formula is C12H24BrI. The van der Waals surface area contributed by atoms with E-state index < -0.39 is 0 Å². The summed E-state index contributed by atoms with van der Waals surface area (Å²) in [7, 11) is 0. The Hall–Kier alpha value is 1.21. The third kappa shape index (κ3) is 11.3. The Morgan fingerprint density at radius 2 is 1.43 bits per heavy atom. The normalized spacial score (nSPS) is 13.1. The molecule has 0 radical (unpaired) electrons. The van der Waals surface area contributed by atoms with Gasteiger partial charge >= 0.3 is 0 Å². The van der Waals surface area contributed by atoms with E-state index >= 15 is 0 Å². The van der Waals surface area contributed by atoms with Crippen molar-refractivity contribution in [2.45, 2.75) is 69.5 Å². The van der Waals surface area contributed by atoms with Crippen molar-refractivity contribution >= 4 is 38.5 Å². The lowest BCUT2D eigenvalue weighted by Crippen LogP contribution is -1.97. The first-order chi connectivity index (χ1) is 6.81. The molecule has 0 N–H and O–H groups in total. The smallest absolute Gasteiger partial charge is 0.0235 e. The van der Waals surface area contributed by atoms with Crippen LogP contribution >= 0.6 is 38.5 Å². The van der Waals surface area contributed by atoms with Crippen molar-refractivity contribution in [3.63, 3.8) is 0 Å². The van der Waals surface area contributed by atoms with Crippen LogP contribution in [0, 0.1) is 0 Å². The Bertz CT molecular complexity index is 106. The first-order valence-electron chi connectivity index (χ1n) is 6.01. The molecule has 0 aliphatic heterocycles. The van der Waals surface area contributed by atoms with Gasteiger partial charge in [0.2, 0.25) is 0 Å². The van der Waals surface area contributed by atoms with Gasteiger partial charge in [-0.2, -0.15) is 0 Å². The van der Waals surface area contributed by atoms with Gasteiger partial charge in [-0.15, -0.1) is 0 Å². The lowest BCUT2D eigenvalue weighted by molar-refractivity contribution is 0.566. The summed E-state index contributed by atoms with van der Waals surface area (Å²) < 4.78 is 1.24. The van der Waals surface area contributed by atoms with E-state index in [4.69, 9.17) is 0 Å². The Kier molecular flexibility index (Phi) is 13.3. The Morgan fingerprint density at radius 1 is 0.929 bits per heavy atom. The second kappa shape index (κ2) is 12.3. The van der Waals surface area contributed by atoms with Gasteiger partial charge in [0.25, 0.3) is 0 Å². The highest BCUT2D eigenvalue weighted by Gasteiger charge is 2.00. The first-order valence-corrected chi connectivity index (χ1v) is 8.45. The quantitative estimate of drug-likeness (QED) is 0.261. The third-order valence-electron chi connectivity index (χ3n) is 2.54. The zero-order valence-electron chi connectivity index (χ0n) is 9.40. The Morgan fingerprint density at radius 3 is 1.93 bits per heavy atom. The van der Waals surface area contributed by atoms with E-state index in [1.807, 2.05) is 0 Å². The van der Waals surface area contributed by atoms with Gasteiger partial charge in [-0.1, -0.05) is 96.8 Å². The number of hydrogen-bond donors (Lipinski definition) is 0. The minimum Gasteiger partial charge on any atom is -0.0882 e. The van der Waals surface area contributed by atoms with Crippen molar-refractivity contribution in [3.8, 4) is 0 Å². The van der Waals surface area contributed by atoms with Crippen molar-refractivity contribution in [2.24, 2.45) is 0 Å². The van der Waals surface area contributed by atoms with Crippen LogP contribution in [-0.2, 0) is 0 Å². The van der Waals surface area contributed by atoms with Crippen LogP contribution in [0.15, 0.2) is 0 Å². The summed E-state index contributed by atoms with van der Waals surface area (Å²) in [4.78, 5) is 0.753. The fraction of sp³-hybridized carbons (Fsp3) is 1.00. The van der Waals surface area contributed by atoms with E-state index in [1.54, 1.807) is 0 Å². The van der Waals surface area contributed by atoms with Crippen molar-refractivity contribution in [3.05, 3.63) is 0 Å². The molecule has 0 saturated carbocycles. The molecule has 2 heteroatoms. The summed E-state index contributed by atoms with van der Waals surface area (Å²) in [6, 6.07) is 0. The Balaban J connectivity index is 2.92. The minimum absolute atomic E-state index is 0.753. The predicted octanol–water partition coefficient (Wildman–Crippen LogP) is 5.72. The lowest BCUT2D eigenvalue weighted by Gasteiger charge is -2.05. The zero-order valence-corrected chi connectivity index (χ0v) is 13.1. The second-order valence-corrected chi connectivity index (χ2v) is 6.19. The molecule has 0 aromatic rings. The van der Waals surface area contributed by atoms with Gasteiger partial charge in [0, 0.05) is 9.25 Å². The molecule has 0 fully saturated rings. The van der Waals surface area contributed by atoms with Gasteiger partial charge in [0.1, 0.15) is 0 Å². The third-order valence-corrected chi connectivity index (χ3v) is 5.59. The van der Waals surface area contributed by atoms with Gasteiger partial charge < -0.3 is 0 Å². The molecule has 0 spiro atoms. The standard InChI is InChI=1S/C12H24BrI/c1-2-3-4-5-6-7-8-9-10-12(13)11-14/h12H,2-11H2,1H3. The molecule has 1 unspecified atom stereocenters. The van der Waals surface area contributed by atoms with Gasteiger partial charge in [-0.25, -0.2) is 0 Å². The highest BCUT2D eigenvalue weighted by Crippen LogP contribution is 2.15. The highest BCUT2D eigenvalue weighted by molar-refractivity contribution is 14.1. The molecule has 0 aromatic heterocycles. The fourth-order valence-corrected chi connectivity index (χ4v) is 2.34. The highest BCUT2D eigenvalue weighted by atomic mass is 127. The molecule has 0 aromatic carbocycles. The van der Waals surface area contributed by atoms with Crippen LogP contribution in [0.1, 0.15) is 64.7 Å². The summed E-state index contributed by atoms with van der Waals surface area (Å²) in [5, 5.41) is 0. The summed E-state index contributed by atoms with van der Waals surface area (Å²) in [6.07, 6.45) is 12.8. The van der Waals surface area contributed by atoms with Crippen LogP contribution in [0.25, 0.3) is 0 Å². The van der Waals surface area contributed by atoms with E-state index in [9.17, 15) is 0 Å². The summed E-state index contributed by atoms with van der Waals surface area (Å²) in [5.74, 6) is 0. The van der Waals surface area contributed by atoms with Crippen LogP contribution < -0.4 is 0 Å². The molecule has 0 aliphatic rings. The summed E-state index contributed by atoms with van der Waals surface area (Å²) in [5.41, 5.74) is 0. The molecule has 0 bridgehead atoms. The minimum atomic E-state index is 0.753. The van der Waals surface area contributed by atoms with Crippen LogP contribution in [0.5, 0.6) is 0 Å².